The highest BCUT2D eigenvalue weighted by Crippen LogP contribution is 2.21. The molecule has 2 heterocycles. The Morgan fingerprint density at radius 2 is 2.35 bits per heavy atom. The van der Waals surface area contributed by atoms with Crippen LogP contribution in [-0.4, -0.2) is 23.6 Å². The number of nitrogens with two attached hydrogens (primary N) is 1. The minimum atomic E-state index is -3.64. The van der Waals surface area contributed by atoms with Gasteiger partial charge in [-0.25, -0.2) is 4.98 Å². The number of hydrogen-bond donors (Lipinski definition) is 3. The Morgan fingerprint density at radius 1 is 1.59 bits per heavy atom. The van der Waals surface area contributed by atoms with Crippen molar-refractivity contribution in [3.05, 3.63) is 23.3 Å². The molecule has 0 bridgehead atoms. The van der Waals surface area contributed by atoms with Gasteiger partial charge in [0, 0.05) is 11.4 Å². The second-order valence-corrected chi connectivity index (χ2v) is 5.90. The highest BCUT2D eigenvalue weighted by molar-refractivity contribution is 7.92. The molecule has 92 valence electrons. The molecule has 0 saturated heterocycles. The van der Waals surface area contributed by atoms with Gasteiger partial charge in [-0.2, -0.15) is 13.5 Å². The van der Waals surface area contributed by atoms with Crippen LogP contribution in [0.4, 0.5) is 5.13 Å². The quantitative estimate of drug-likeness (QED) is 0.758. The van der Waals surface area contributed by atoms with E-state index in [1.54, 1.807) is 12.3 Å². The third kappa shape index (κ3) is 2.62. The van der Waals surface area contributed by atoms with Crippen molar-refractivity contribution in [2.75, 3.05) is 4.72 Å². The van der Waals surface area contributed by atoms with Crippen molar-refractivity contribution in [1.29, 1.82) is 0 Å². The molecule has 0 spiro atoms. The molecule has 2 rings (SSSR count). The van der Waals surface area contributed by atoms with Crippen molar-refractivity contribution in [2.24, 2.45) is 5.73 Å². The maximum Gasteiger partial charge on any atom is 0.280 e. The van der Waals surface area contributed by atoms with Crippen LogP contribution in [0.5, 0.6) is 0 Å². The Bertz CT molecular complexity index is 587. The molecule has 0 aliphatic heterocycles. The van der Waals surface area contributed by atoms with E-state index in [0.717, 1.165) is 0 Å². The molecule has 9 heteroatoms. The zero-order chi connectivity index (χ0) is 12.5. The van der Waals surface area contributed by atoms with Gasteiger partial charge in [-0.15, -0.1) is 11.3 Å². The molecule has 0 aromatic carbocycles. The van der Waals surface area contributed by atoms with Gasteiger partial charge in [-0.3, -0.25) is 9.82 Å². The van der Waals surface area contributed by atoms with Crippen molar-refractivity contribution in [2.45, 2.75) is 18.0 Å². The molecular weight excluding hydrogens is 262 g/mol. The van der Waals surface area contributed by atoms with E-state index in [-0.39, 0.29) is 16.2 Å². The number of nitrogens with one attached hydrogen (secondary N) is 2. The summed E-state index contributed by atoms with van der Waals surface area (Å²) in [5.41, 5.74) is 6.29. The Morgan fingerprint density at radius 3 is 2.88 bits per heavy atom. The number of nitrogens with zero attached hydrogens (tertiary/aromatic N) is 2. The zero-order valence-corrected chi connectivity index (χ0v) is 10.5. The Labute approximate surface area is 102 Å². The summed E-state index contributed by atoms with van der Waals surface area (Å²) in [5.74, 6) is 0. The maximum absolute atomic E-state index is 11.8. The van der Waals surface area contributed by atoms with Crippen LogP contribution in [0.15, 0.2) is 22.7 Å². The second-order valence-electron chi connectivity index (χ2n) is 3.39. The van der Waals surface area contributed by atoms with Crippen LogP contribution >= 0.6 is 11.3 Å². The van der Waals surface area contributed by atoms with E-state index < -0.39 is 10.0 Å². The topological polar surface area (TPSA) is 114 Å². The molecule has 2 aromatic heterocycles. The first-order valence-corrected chi connectivity index (χ1v) is 7.08. The van der Waals surface area contributed by atoms with Crippen molar-refractivity contribution in [1.82, 2.24) is 15.2 Å². The average molecular weight is 273 g/mol. The Balaban J connectivity index is 2.21. The predicted molar refractivity (Wildman–Crippen MR) is 64.1 cm³/mol. The fraction of sp³-hybridized carbons (Fsp3) is 0.250. The van der Waals surface area contributed by atoms with Crippen LogP contribution in [-0.2, 0) is 10.0 Å². The molecule has 4 N–H and O–H groups in total. The predicted octanol–water partition coefficient (Wildman–Crippen LogP) is 0.687. The van der Waals surface area contributed by atoms with Gasteiger partial charge in [-0.1, -0.05) is 0 Å². The summed E-state index contributed by atoms with van der Waals surface area (Å²) < 4.78 is 25.9. The van der Waals surface area contributed by atoms with E-state index in [2.05, 4.69) is 19.9 Å². The minimum Gasteiger partial charge on any atom is -0.323 e. The van der Waals surface area contributed by atoms with Gasteiger partial charge in [-0.05, 0) is 13.0 Å². The lowest BCUT2D eigenvalue weighted by Gasteiger charge is -2.02. The van der Waals surface area contributed by atoms with Crippen molar-refractivity contribution in [3.63, 3.8) is 0 Å². The molecular formula is C8H11N5O2S2. The van der Waals surface area contributed by atoms with Crippen molar-refractivity contribution < 1.29 is 8.42 Å². The van der Waals surface area contributed by atoms with Crippen molar-refractivity contribution in [3.8, 4) is 0 Å². The van der Waals surface area contributed by atoms with Gasteiger partial charge < -0.3 is 5.73 Å². The number of aromatic nitrogens is 3. The highest BCUT2D eigenvalue weighted by Gasteiger charge is 2.17. The van der Waals surface area contributed by atoms with E-state index in [1.807, 2.05) is 0 Å². The molecule has 1 atom stereocenters. The average Bonchev–Trinajstić information content (AvgIpc) is 2.85. The molecule has 2 aromatic rings. The SMILES string of the molecule is CC(N)c1csc(NS(=O)(=O)c2ccn[nH]2)n1. The van der Waals surface area contributed by atoms with E-state index >= 15 is 0 Å². The lowest BCUT2D eigenvalue weighted by atomic mass is 10.3. The zero-order valence-electron chi connectivity index (χ0n) is 8.91. The molecule has 0 aliphatic rings. The van der Waals surface area contributed by atoms with Gasteiger partial charge in [0.05, 0.1) is 11.9 Å². The van der Waals surface area contributed by atoms with Crippen LogP contribution < -0.4 is 10.5 Å². The lowest BCUT2D eigenvalue weighted by molar-refractivity contribution is 0.597. The third-order valence-electron chi connectivity index (χ3n) is 1.97. The van der Waals surface area contributed by atoms with Gasteiger partial charge in [0.2, 0.25) is 0 Å². The van der Waals surface area contributed by atoms with E-state index in [4.69, 9.17) is 5.73 Å². The summed E-state index contributed by atoms with van der Waals surface area (Å²) in [6.45, 7) is 1.78. The lowest BCUT2D eigenvalue weighted by Crippen LogP contribution is -2.13. The number of sulfonamides is 1. The summed E-state index contributed by atoms with van der Waals surface area (Å²) in [4.78, 5) is 4.07. The second kappa shape index (κ2) is 4.43. The summed E-state index contributed by atoms with van der Waals surface area (Å²) in [7, 11) is -3.64. The monoisotopic (exact) mass is 273 g/mol. The maximum atomic E-state index is 11.8. The number of aromatic amines is 1. The van der Waals surface area contributed by atoms with Crippen LogP contribution in [0.25, 0.3) is 0 Å². The van der Waals surface area contributed by atoms with Gasteiger partial charge in [0.1, 0.15) is 0 Å². The van der Waals surface area contributed by atoms with E-state index in [0.29, 0.717) is 5.69 Å². The third-order valence-corrected chi connectivity index (χ3v) is 4.15. The fourth-order valence-corrected chi connectivity index (χ4v) is 3.08. The molecule has 1 unspecified atom stereocenters. The number of rotatable bonds is 4. The normalized spacial score (nSPS) is 13.5. The first kappa shape index (κ1) is 12.0. The summed E-state index contributed by atoms with van der Waals surface area (Å²) >= 11 is 1.19. The highest BCUT2D eigenvalue weighted by atomic mass is 32.2. The fourth-order valence-electron chi connectivity index (χ4n) is 1.10. The van der Waals surface area contributed by atoms with E-state index in [9.17, 15) is 8.42 Å². The minimum absolute atomic E-state index is 0.00459. The van der Waals surface area contributed by atoms with Crippen molar-refractivity contribution >= 4 is 26.5 Å². The molecule has 0 saturated carbocycles. The molecule has 17 heavy (non-hydrogen) atoms. The number of thiazole rings is 1. The number of anilines is 1. The van der Waals surface area contributed by atoms with Crippen LogP contribution in [0.3, 0.4) is 0 Å². The Hall–Kier alpha value is -1.45. The molecule has 0 amide bonds. The molecule has 0 fully saturated rings. The van der Waals surface area contributed by atoms with E-state index in [1.165, 1.54) is 23.6 Å². The van der Waals surface area contributed by atoms with Gasteiger partial charge >= 0.3 is 0 Å². The molecule has 0 aliphatic carbocycles. The largest absolute Gasteiger partial charge is 0.323 e. The summed E-state index contributed by atoms with van der Waals surface area (Å²) in [5, 5.41) is 7.96. The Kier molecular flexibility index (Phi) is 3.13. The van der Waals surface area contributed by atoms with Crippen LogP contribution in [0, 0.1) is 0 Å². The first-order valence-electron chi connectivity index (χ1n) is 4.72. The molecule has 0 radical (unpaired) electrons. The molecule has 7 nitrogen and oxygen atoms in total. The summed E-state index contributed by atoms with van der Waals surface area (Å²) in [6, 6.07) is 1.14. The van der Waals surface area contributed by atoms with Gasteiger partial charge in [0.15, 0.2) is 10.2 Å². The van der Waals surface area contributed by atoms with Crippen LogP contribution in [0.1, 0.15) is 18.7 Å². The standard InChI is InChI=1S/C8H11N5O2S2/c1-5(9)6-4-16-8(11-6)13-17(14,15)7-2-3-10-12-7/h2-5H,9H2,1H3,(H,10,12)(H,11,13). The number of hydrogen-bond acceptors (Lipinski definition) is 6. The smallest absolute Gasteiger partial charge is 0.280 e. The van der Waals surface area contributed by atoms with Gasteiger partial charge in [0.25, 0.3) is 10.0 Å². The number of H-pyrrole nitrogens is 1. The first-order chi connectivity index (χ1) is 7.99. The van der Waals surface area contributed by atoms with Crippen LogP contribution in [0.2, 0.25) is 0 Å². The summed E-state index contributed by atoms with van der Waals surface area (Å²) in [6.07, 6.45) is 1.36.